The van der Waals surface area contributed by atoms with Crippen LogP contribution in [-0.2, 0) is 11.3 Å². The molecule has 0 saturated carbocycles. The summed E-state index contributed by atoms with van der Waals surface area (Å²) in [5, 5.41) is 1.45. The normalized spacial score (nSPS) is 13.5. The highest BCUT2D eigenvalue weighted by atomic mass is 79.9. The Morgan fingerprint density at radius 3 is 2.60 bits per heavy atom. The number of aromatic nitrogens is 1. The topological polar surface area (TPSA) is 34.6 Å². The summed E-state index contributed by atoms with van der Waals surface area (Å²) < 4.78 is 11.3. The first-order valence-corrected chi connectivity index (χ1v) is 9.41. The van der Waals surface area contributed by atoms with Gasteiger partial charge < -0.3 is 14.4 Å². The van der Waals surface area contributed by atoms with E-state index in [1.165, 1.54) is 0 Å². The molecule has 0 radical (unpaired) electrons. The molecule has 0 aliphatic carbocycles. The summed E-state index contributed by atoms with van der Waals surface area (Å²) in [5.41, 5.74) is 1.96. The van der Waals surface area contributed by atoms with Crippen LogP contribution in [0.15, 0.2) is 66.7 Å². The molecule has 6 heteroatoms. The zero-order valence-electron chi connectivity index (χ0n) is 13.6. The van der Waals surface area contributed by atoms with E-state index in [-0.39, 0.29) is 0 Å². The lowest BCUT2D eigenvalue weighted by molar-refractivity contribution is 0.206. The molecule has 0 spiro atoms. The molecule has 0 amide bonds. The van der Waals surface area contributed by atoms with Crippen molar-refractivity contribution in [1.29, 1.82) is 0 Å². The average molecular weight is 422 g/mol. The molecule has 0 N–H and O–H groups in total. The van der Waals surface area contributed by atoms with Gasteiger partial charge in [0, 0.05) is 30.0 Å². The summed E-state index contributed by atoms with van der Waals surface area (Å²) in [6.07, 6.45) is 7.64. The number of allylic oxidation sites excluding steroid dienone is 1. The van der Waals surface area contributed by atoms with Crippen molar-refractivity contribution in [1.82, 2.24) is 4.98 Å². The summed E-state index contributed by atoms with van der Waals surface area (Å²) in [5.74, 6) is 1.71. The monoisotopic (exact) mass is 420 g/mol. The zero-order valence-corrected chi connectivity index (χ0v) is 15.9. The Balaban J connectivity index is 1.52. The van der Waals surface area contributed by atoms with Crippen LogP contribution in [0.3, 0.4) is 0 Å². The third kappa shape index (κ3) is 5.25. The fourth-order valence-electron chi connectivity index (χ4n) is 2.32. The maximum atomic E-state index is 5.83. The molecule has 0 bridgehead atoms. The maximum Gasteiger partial charge on any atom is 0.130 e. The summed E-state index contributed by atoms with van der Waals surface area (Å²) in [6, 6.07) is 11.7. The number of ether oxygens (including phenoxy) is 2. The summed E-state index contributed by atoms with van der Waals surface area (Å²) in [6.45, 7) is 1.84. The van der Waals surface area contributed by atoms with Gasteiger partial charge in [0.2, 0.25) is 0 Å². The van der Waals surface area contributed by atoms with Crippen LogP contribution < -0.4 is 9.64 Å². The minimum Gasteiger partial charge on any atom is -0.493 e. The first kappa shape index (κ1) is 17.8. The summed E-state index contributed by atoms with van der Waals surface area (Å²) in [7, 11) is 0. The number of alkyl halides is 1. The molecule has 1 aromatic carbocycles. The van der Waals surface area contributed by atoms with Crippen LogP contribution in [0.25, 0.3) is 0 Å². The van der Waals surface area contributed by atoms with Gasteiger partial charge in [-0.1, -0.05) is 27.5 Å². The van der Waals surface area contributed by atoms with Crippen LogP contribution in [-0.4, -0.2) is 23.5 Å². The van der Waals surface area contributed by atoms with Crippen molar-refractivity contribution in [2.45, 2.75) is 6.61 Å². The minimum absolute atomic E-state index is 0.424. The van der Waals surface area contributed by atoms with Crippen molar-refractivity contribution in [2.75, 3.05) is 23.4 Å². The summed E-state index contributed by atoms with van der Waals surface area (Å²) >= 11 is 9.18. The lowest BCUT2D eigenvalue weighted by Crippen LogP contribution is -2.19. The van der Waals surface area contributed by atoms with Gasteiger partial charge in [-0.3, -0.25) is 4.98 Å². The molecule has 130 valence electrons. The van der Waals surface area contributed by atoms with Gasteiger partial charge in [-0.15, -0.1) is 0 Å². The molecular weight excluding hydrogens is 404 g/mol. The number of rotatable bonds is 7. The SMILES string of the molecule is Clc1ccc(COC2=CCN(c3ccc(OCCBr)cc3)C=C2)nc1. The molecule has 2 heterocycles. The third-order valence-electron chi connectivity index (χ3n) is 3.60. The van der Waals surface area contributed by atoms with Crippen molar-refractivity contribution in [2.24, 2.45) is 0 Å². The van der Waals surface area contributed by atoms with E-state index in [0.717, 1.165) is 34.8 Å². The van der Waals surface area contributed by atoms with Gasteiger partial charge in [-0.25, -0.2) is 0 Å². The highest BCUT2D eigenvalue weighted by molar-refractivity contribution is 9.09. The van der Waals surface area contributed by atoms with Gasteiger partial charge in [0.25, 0.3) is 0 Å². The van der Waals surface area contributed by atoms with E-state index in [4.69, 9.17) is 21.1 Å². The number of benzene rings is 1. The predicted octanol–water partition coefficient (Wildman–Crippen LogP) is 4.94. The fraction of sp³-hybridized carbons (Fsp3) is 0.211. The van der Waals surface area contributed by atoms with E-state index in [0.29, 0.717) is 18.2 Å². The smallest absolute Gasteiger partial charge is 0.130 e. The van der Waals surface area contributed by atoms with Crippen molar-refractivity contribution < 1.29 is 9.47 Å². The number of anilines is 1. The highest BCUT2D eigenvalue weighted by Crippen LogP contribution is 2.22. The molecule has 1 aliphatic rings. The Kier molecular flexibility index (Phi) is 6.36. The number of pyridine rings is 1. The van der Waals surface area contributed by atoms with Crippen molar-refractivity contribution in [3.63, 3.8) is 0 Å². The molecule has 0 saturated heterocycles. The standard InChI is InChI=1S/C19H18BrClN2O2/c20-9-12-24-18-5-3-17(4-6-18)23-10-7-19(8-11-23)25-14-16-2-1-15(21)13-22-16/h1-8,10,13H,9,11-12,14H2. The lowest BCUT2D eigenvalue weighted by atomic mass is 10.2. The van der Waals surface area contributed by atoms with Gasteiger partial charge in [-0.05, 0) is 48.6 Å². The molecule has 0 fully saturated rings. The molecule has 0 unspecified atom stereocenters. The maximum absolute atomic E-state index is 5.83. The second-order valence-corrected chi connectivity index (χ2v) is 6.59. The number of nitrogens with zero attached hydrogens (tertiary/aromatic N) is 2. The Bertz CT molecular complexity index is 745. The van der Waals surface area contributed by atoms with Crippen LogP contribution in [0.1, 0.15) is 5.69 Å². The quantitative estimate of drug-likeness (QED) is 0.593. The predicted molar refractivity (Wildman–Crippen MR) is 104 cm³/mol. The molecule has 1 aromatic heterocycles. The van der Waals surface area contributed by atoms with E-state index in [9.17, 15) is 0 Å². The number of hydrogen-bond acceptors (Lipinski definition) is 4. The first-order valence-electron chi connectivity index (χ1n) is 7.91. The molecular formula is C19H18BrClN2O2. The first-order chi connectivity index (χ1) is 12.2. The second kappa shape index (κ2) is 8.92. The van der Waals surface area contributed by atoms with E-state index < -0.39 is 0 Å². The van der Waals surface area contributed by atoms with Crippen LogP contribution >= 0.6 is 27.5 Å². The van der Waals surface area contributed by atoms with Gasteiger partial charge in [-0.2, -0.15) is 0 Å². The third-order valence-corrected chi connectivity index (χ3v) is 4.14. The van der Waals surface area contributed by atoms with Crippen LogP contribution in [0, 0.1) is 0 Å². The Morgan fingerprint density at radius 1 is 1.12 bits per heavy atom. The number of hydrogen-bond donors (Lipinski definition) is 0. The molecule has 25 heavy (non-hydrogen) atoms. The largest absolute Gasteiger partial charge is 0.493 e. The van der Waals surface area contributed by atoms with Crippen LogP contribution in [0.2, 0.25) is 5.02 Å². The van der Waals surface area contributed by atoms with Gasteiger partial charge in [0.1, 0.15) is 18.1 Å². The lowest BCUT2D eigenvalue weighted by Gasteiger charge is -2.23. The molecule has 0 atom stereocenters. The molecule has 3 rings (SSSR count). The molecule has 1 aliphatic heterocycles. The highest BCUT2D eigenvalue weighted by Gasteiger charge is 2.08. The van der Waals surface area contributed by atoms with Gasteiger partial charge in [0.15, 0.2) is 0 Å². The fourth-order valence-corrected chi connectivity index (χ4v) is 2.59. The van der Waals surface area contributed by atoms with E-state index >= 15 is 0 Å². The zero-order chi connectivity index (χ0) is 17.5. The average Bonchev–Trinajstić information content (AvgIpc) is 2.67. The van der Waals surface area contributed by atoms with Crippen molar-refractivity contribution >= 4 is 33.2 Å². The van der Waals surface area contributed by atoms with Gasteiger partial charge in [0.05, 0.1) is 17.3 Å². The number of halogens is 2. The van der Waals surface area contributed by atoms with Gasteiger partial charge >= 0.3 is 0 Å². The Hall–Kier alpha value is -1.98. The molecule has 2 aromatic rings. The molecule has 4 nitrogen and oxygen atoms in total. The van der Waals surface area contributed by atoms with Crippen molar-refractivity contribution in [3.8, 4) is 5.75 Å². The minimum atomic E-state index is 0.424. The summed E-state index contributed by atoms with van der Waals surface area (Å²) in [4.78, 5) is 6.36. The van der Waals surface area contributed by atoms with E-state index in [1.54, 1.807) is 6.20 Å². The Labute approximate surface area is 160 Å². The van der Waals surface area contributed by atoms with Crippen molar-refractivity contribution in [3.05, 3.63) is 77.4 Å². The second-order valence-electron chi connectivity index (χ2n) is 5.36. The Morgan fingerprint density at radius 2 is 1.96 bits per heavy atom. The van der Waals surface area contributed by atoms with E-state index in [2.05, 4.69) is 25.8 Å². The van der Waals surface area contributed by atoms with Crippen LogP contribution in [0.5, 0.6) is 5.75 Å². The van der Waals surface area contributed by atoms with Crippen LogP contribution in [0.4, 0.5) is 5.69 Å². The van der Waals surface area contributed by atoms with E-state index in [1.807, 2.05) is 54.8 Å².